The molecule has 0 aromatic heterocycles. The SMILES string of the molecule is COc1c2c(cc3c1[C@@H](CC(=O)c1cc4c(cc1C)C(C)(C)[C@@H](C)C4(C)C)N(C)CC3)OCO2. The molecule has 3 aliphatic rings. The lowest BCUT2D eigenvalue weighted by Crippen LogP contribution is -2.34. The first kappa shape index (κ1) is 23.2. The van der Waals surface area contributed by atoms with Crippen LogP contribution in [0.15, 0.2) is 18.2 Å². The van der Waals surface area contributed by atoms with Gasteiger partial charge < -0.3 is 14.2 Å². The number of ketones is 1. The lowest BCUT2D eigenvalue weighted by Gasteiger charge is -2.35. The average molecular weight is 464 g/mol. The number of hydrogen-bond acceptors (Lipinski definition) is 5. The van der Waals surface area contributed by atoms with Crippen molar-refractivity contribution in [2.24, 2.45) is 5.92 Å². The van der Waals surface area contributed by atoms with Crippen molar-refractivity contribution in [3.05, 3.63) is 51.6 Å². The molecule has 2 aromatic rings. The quantitative estimate of drug-likeness (QED) is 0.541. The van der Waals surface area contributed by atoms with Crippen LogP contribution in [0.25, 0.3) is 0 Å². The fourth-order valence-electron chi connectivity index (χ4n) is 6.51. The Kier molecular flexibility index (Phi) is 5.29. The number of Topliss-reactive ketones (excluding diaryl/α,β-unsaturated/α-hetero) is 1. The molecule has 2 aliphatic heterocycles. The molecule has 0 saturated heterocycles. The van der Waals surface area contributed by atoms with Crippen molar-refractivity contribution in [1.29, 1.82) is 0 Å². The van der Waals surface area contributed by atoms with E-state index in [4.69, 9.17) is 14.2 Å². The summed E-state index contributed by atoms with van der Waals surface area (Å²) in [5, 5.41) is 0. The van der Waals surface area contributed by atoms with E-state index in [0.717, 1.165) is 35.4 Å². The first-order chi connectivity index (χ1) is 16.0. The van der Waals surface area contributed by atoms with E-state index in [0.29, 0.717) is 23.8 Å². The normalized spacial score (nSPS) is 24.0. The summed E-state index contributed by atoms with van der Waals surface area (Å²) in [6.07, 6.45) is 1.29. The molecular formula is C29H37NO4. The number of nitrogens with zero attached hydrogens (tertiary/aromatic N) is 1. The van der Waals surface area contributed by atoms with Crippen molar-refractivity contribution < 1.29 is 19.0 Å². The Morgan fingerprint density at radius 1 is 1.12 bits per heavy atom. The summed E-state index contributed by atoms with van der Waals surface area (Å²) in [7, 11) is 3.76. The lowest BCUT2D eigenvalue weighted by atomic mass is 9.71. The molecule has 0 radical (unpaired) electrons. The fraction of sp³-hybridized carbons (Fsp3) is 0.552. The minimum Gasteiger partial charge on any atom is -0.492 e. The maximum atomic E-state index is 13.9. The summed E-state index contributed by atoms with van der Waals surface area (Å²) in [4.78, 5) is 16.1. The number of ether oxygens (including phenoxy) is 3. The van der Waals surface area contributed by atoms with Crippen molar-refractivity contribution in [2.45, 2.75) is 71.3 Å². The molecule has 0 fully saturated rings. The number of carbonyl (C=O) groups excluding carboxylic acids is 1. The van der Waals surface area contributed by atoms with Gasteiger partial charge in [0.15, 0.2) is 17.3 Å². The first-order valence-corrected chi connectivity index (χ1v) is 12.4. The van der Waals surface area contributed by atoms with Gasteiger partial charge in [-0.05, 0) is 71.5 Å². The largest absolute Gasteiger partial charge is 0.492 e. The van der Waals surface area contributed by atoms with Gasteiger partial charge in [-0.15, -0.1) is 0 Å². The Morgan fingerprint density at radius 3 is 2.47 bits per heavy atom. The summed E-state index contributed by atoms with van der Waals surface area (Å²) in [5.74, 6) is 2.76. The number of likely N-dealkylation sites (N-methyl/N-ethyl adjacent to an activating group) is 1. The van der Waals surface area contributed by atoms with E-state index in [1.807, 2.05) is 0 Å². The van der Waals surface area contributed by atoms with E-state index < -0.39 is 0 Å². The van der Waals surface area contributed by atoms with Gasteiger partial charge in [-0.1, -0.05) is 40.7 Å². The van der Waals surface area contributed by atoms with Crippen LogP contribution in [0.3, 0.4) is 0 Å². The number of hydrogen-bond donors (Lipinski definition) is 0. The van der Waals surface area contributed by atoms with E-state index in [2.05, 4.69) is 71.7 Å². The number of carbonyl (C=O) groups is 1. The lowest BCUT2D eigenvalue weighted by molar-refractivity contribution is 0.0925. The van der Waals surface area contributed by atoms with Crippen LogP contribution in [0.2, 0.25) is 0 Å². The van der Waals surface area contributed by atoms with Gasteiger partial charge >= 0.3 is 0 Å². The van der Waals surface area contributed by atoms with Gasteiger partial charge in [0.25, 0.3) is 0 Å². The molecule has 0 spiro atoms. The van der Waals surface area contributed by atoms with Gasteiger partial charge in [-0.3, -0.25) is 9.69 Å². The maximum absolute atomic E-state index is 13.9. The molecule has 5 heteroatoms. The highest BCUT2D eigenvalue weighted by molar-refractivity contribution is 5.98. The Hall–Kier alpha value is -2.53. The van der Waals surface area contributed by atoms with Crippen LogP contribution in [-0.2, 0) is 17.3 Å². The van der Waals surface area contributed by atoms with Crippen LogP contribution in [0.5, 0.6) is 17.2 Å². The third-order valence-electron chi connectivity index (χ3n) is 9.14. The zero-order chi connectivity index (χ0) is 24.6. The first-order valence-electron chi connectivity index (χ1n) is 12.4. The second-order valence-electron chi connectivity index (χ2n) is 11.5. The second-order valence-corrected chi connectivity index (χ2v) is 11.5. The van der Waals surface area contributed by atoms with E-state index in [1.54, 1.807) is 7.11 Å². The smallest absolute Gasteiger partial charge is 0.231 e. The number of fused-ring (bicyclic) bond motifs is 3. The molecule has 0 N–H and O–H groups in total. The third kappa shape index (κ3) is 3.19. The van der Waals surface area contributed by atoms with Crippen LogP contribution >= 0.6 is 0 Å². The molecule has 0 bridgehead atoms. The van der Waals surface area contributed by atoms with Gasteiger partial charge in [0.05, 0.1) is 7.11 Å². The zero-order valence-electron chi connectivity index (χ0n) is 21.8. The predicted octanol–water partition coefficient (Wildman–Crippen LogP) is 5.74. The van der Waals surface area contributed by atoms with Gasteiger partial charge in [0, 0.05) is 30.1 Å². The van der Waals surface area contributed by atoms with E-state index >= 15 is 0 Å². The molecule has 2 atom stereocenters. The number of benzene rings is 2. The molecule has 0 unspecified atom stereocenters. The molecule has 5 nitrogen and oxygen atoms in total. The van der Waals surface area contributed by atoms with Crippen LogP contribution in [-0.4, -0.2) is 38.2 Å². The summed E-state index contributed by atoms with van der Waals surface area (Å²) in [6, 6.07) is 6.46. The molecule has 2 heterocycles. The molecule has 0 amide bonds. The van der Waals surface area contributed by atoms with Gasteiger partial charge in [0.2, 0.25) is 12.5 Å². The highest BCUT2D eigenvalue weighted by Crippen LogP contribution is 2.54. The van der Waals surface area contributed by atoms with Gasteiger partial charge in [-0.25, -0.2) is 0 Å². The molecule has 182 valence electrons. The topological polar surface area (TPSA) is 48.0 Å². The van der Waals surface area contributed by atoms with Crippen LogP contribution < -0.4 is 14.2 Å². The van der Waals surface area contributed by atoms with Crippen molar-refractivity contribution in [3.63, 3.8) is 0 Å². The van der Waals surface area contributed by atoms with Crippen molar-refractivity contribution in [2.75, 3.05) is 27.5 Å². The summed E-state index contributed by atoms with van der Waals surface area (Å²) in [6.45, 7) is 14.8. The van der Waals surface area contributed by atoms with E-state index in [9.17, 15) is 4.79 Å². The minimum atomic E-state index is -0.0725. The summed E-state index contributed by atoms with van der Waals surface area (Å²) < 4.78 is 17.2. The Bertz CT molecular complexity index is 1180. The highest BCUT2D eigenvalue weighted by Gasteiger charge is 2.49. The molecule has 5 rings (SSSR count). The van der Waals surface area contributed by atoms with Crippen LogP contribution in [0, 0.1) is 12.8 Å². The van der Waals surface area contributed by atoms with E-state index in [1.165, 1.54) is 16.7 Å². The molecule has 34 heavy (non-hydrogen) atoms. The van der Waals surface area contributed by atoms with Crippen LogP contribution in [0.1, 0.15) is 85.3 Å². The maximum Gasteiger partial charge on any atom is 0.231 e. The number of aryl methyl sites for hydroxylation is 1. The standard InChI is InChI=1S/C29H37NO4/c1-16-11-20-21(29(5,6)17(2)28(20,3)4)13-19(16)23(31)14-22-25-18(9-10-30(22)7)12-24-26(27(25)32-8)34-15-33-24/h11-13,17,22H,9-10,14-15H2,1-8H3/t17-,22-/m1/s1. The fourth-order valence-corrected chi connectivity index (χ4v) is 6.51. The molecule has 2 aromatic carbocycles. The van der Waals surface area contributed by atoms with Crippen molar-refractivity contribution >= 4 is 5.78 Å². The Morgan fingerprint density at radius 2 is 1.79 bits per heavy atom. The Balaban J connectivity index is 1.54. The Labute approximate surface area is 203 Å². The van der Waals surface area contributed by atoms with Crippen molar-refractivity contribution in [3.8, 4) is 17.2 Å². The average Bonchev–Trinajstić information content (AvgIpc) is 3.30. The number of methoxy groups -OCH3 is 1. The monoisotopic (exact) mass is 463 g/mol. The molecular weight excluding hydrogens is 426 g/mol. The zero-order valence-corrected chi connectivity index (χ0v) is 21.8. The molecule has 1 aliphatic carbocycles. The number of rotatable bonds is 4. The van der Waals surface area contributed by atoms with Crippen LogP contribution in [0.4, 0.5) is 0 Å². The summed E-state index contributed by atoms with van der Waals surface area (Å²) >= 11 is 0. The second kappa shape index (κ2) is 7.74. The summed E-state index contributed by atoms with van der Waals surface area (Å²) in [5.41, 5.74) is 6.96. The van der Waals surface area contributed by atoms with Gasteiger partial charge in [0.1, 0.15) is 0 Å². The van der Waals surface area contributed by atoms with E-state index in [-0.39, 0.29) is 29.4 Å². The highest BCUT2D eigenvalue weighted by atomic mass is 16.7. The van der Waals surface area contributed by atoms with Crippen molar-refractivity contribution in [1.82, 2.24) is 4.90 Å². The minimum absolute atomic E-state index is 0.0247. The predicted molar refractivity (Wildman–Crippen MR) is 134 cm³/mol. The third-order valence-corrected chi connectivity index (χ3v) is 9.14. The molecule has 0 saturated carbocycles. The van der Waals surface area contributed by atoms with Gasteiger partial charge in [-0.2, -0.15) is 0 Å².